The van der Waals surface area contributed by atoms with E-state index < -0.39 is 0 Å². The highest BCUT2D eigenvalue weighted by molar-refractivity contribution is 5.92. The molecule has 1 fully saturated rings. The first-order valence-electron chi connectivity index (χ1n) is 8.47. The first kappa shape index (κ1) is 17.0. The summed E-state index contributed by atoms with van der Waals surface area (Å²) in [5.74, 6) is 1.24. The van der Waals surface area contributed by atoms with E-state index in [0.29, 0.717) is 5.76 Å². The van der Waals surface area contributed by atoms with Crippen molar-refractivity contribution in [3.05, 3.63) is 23.2 Å². The summed E-state index contributed by atoms with van der Waals surface area (Å²) >= 11 is 0. The largest absolute Gasteiger partial charge is 0.456 e. The molecule has 1 amide bonds. The molecule has 0 bridgehead atoms. The van der Waals surface area contributed by atoms with Crippen molar-refractivity contribution in [2.24, 2.45) is 5.73 Å². The van der Waals surface area contributed by atoms with E-state index in [1.165, 1.54) is 0 Å². The van der Waals surface area contributed by atoms with E-state index in [0.717, 1.165) is 56.6 Å². The SMILES string of the molecule is CCc1oc(C(=O)NC2CCC(N)C2)cc1CN(CC)CC. The highest BCUT2D eigenvalue weighted by Gasteiger charge is 2.25. The molecule has 5 heteroatoms. The fourth-order valence-electron chi connectivity index (χ4n) is 3.10. The monoisotopic (exact) mass is 307 g/mol. The van der Waals surface area contributed by atoms with Gasteiger partial charge in [-0.05, 0) is 38.4 Å². The van der Waals surface area contributed by atoms with Gasteiger partial charge >= 0.3 is 0 Å². The van der Waals surface area contributed by atoms with E-state index >= 15 is 0 Å². The molecular weight excluding hydrogens is 278 g/mol. The quantitative estimate of drug-likeness (QED) is 0.811. The lowest BCUT2D eigenvalue weighted by Gasteiger charge is -2.17. The normalized spacial score (nSPS) is 21.5. The second-order valence-electron chi connectivity index (χ2n) is 6.12. The lowest BCUT2D eigenvalue weighted by atomic mass is 10.2. The molecule has 2 atom stereocenters. The van der Waals surface area contributed by atoms with Gasteiger partial charge in [0.2, 0.25) is 0 Å². The summed E-state index contributed by atoms with van der Waals surface area (Å²) in [7, 11) is 0. The first-order chi connectivity index (χ1) is 10.6. The first-order valence-corrected chi connectivity index (χ1v) is 8.47. The van der Waals surface area contributed by atoms with E-state index in [4.69, 9.17) is 10.2 Å². The number of nitrogens with two attached hydrogens (primary N) is 1. The summed E-state index contributed by atoms with van der Waals surface area (Å²) in [6.45, 7) is 9.17. The number of amides is 1. The number of rotatable bonds is 7. The third-order valence-electron chi connectivity index (χ3n) is 4.54. The molecule has 0 aromatic carbocycles. The Kier molecular flexibility index (Phi) is 6.03. The maximum Gasteiger partial charge on any atom is 0.287 e. The number of nitrogens with one attached hydrogen (secondary N) is 1. The fourth-order valence-corrected chi connectivity index (χ4v) is 3.10. The molecule has 0 radical (unpaired) electrons. The lowest BCUT2D eigenvalue weighted by Crippen LogP contribution is -2.33. The minimum absolute atomic E-state index is 0.111. The van der Waals surface area contributed by atoms with Crippen LogP contribution >= 0.6 is 0 Å². The molecule has 3 N–H and O–H groups in total. The van der Waals surface area contributed by atoms with Gasteiger partial charge in [0.15, 0.2) is 5.76 Å². The van der Waals surface area contributed by atoms with Gasteiger partial charge in [0, 0.05) is 30.6 Å². The molecule has 0 spiro atoms. The van der Waals surface area contributed by atoms with Gasteiger partial charge < -0.3 is 15.5 Å². The maximum atomic E-state index is 12.4. The van der Waals surface area contributed by atoms with E-state index in [2.05, 4.69) is 31.0 Å². The van der Waals surface area contributed by atoms with Gasteiger partial charge in [-0.3, -0.25) is 9.69 Å². The molecular formula is C17H29N3O2. The summed E-state index contributed by atoms with van der Waals surface area (Å²) in [6.07, 6.45) is 3.61. The van der Waals surface area contributed by atoms with Crippen molar-refractivity contribution in [3.8, 4) is 0 Å². The van der Waals surface area contributed by atoms with Gasteiger partial charge in [-0.2, -0.15) is 0 Å². The average molecular weight is 307 g/mol. The molecule has 1 heterocycles. The third-order valence-corrected chi connectivity index (χ3v) is 4.54. The van der Waals surface area contributed by atoms with Crippen molar-refractivity contribution in [3.63, 3.8) is 0 Å². The predicted molar refractivity (Wildman–Crippen MR) is 87.8 cm³/mol. The Morgan fingerprint density at radius 2 is 2.09 bits per heavy atom. The number of carbonyl (C=O) groups is 1. The Labute approximate surface area is 133 Å². The van der Waals surface area contributed by atoms with Crippen molar-refractivity contribution >= 4 is 5.91 Å². The standard InChI is InChI=1S/C17H29N3O2/c1-4-15-12(11-20(5-2)6-3)9-16(22-15)17(21)19-14-8-7-13(18)10-14/h9,13-14H,4-8,10-11,18H2,1-3H3,(H,19,21). The maximum absolute atomic E-state index is 12.4. The number of furan rings is 1. The number of hydrogen-bond acceptors (Lipinski definition) is 4. The topological polar surface area (TPSA) is 71.5 Å². The highest BCUT2D eigenvalue weighted by atomic mass is 16.4. The van der Waals surface area contributed by atoms with E-state index in [1.54, 1.807) is 0 Å². The Bertz CT molecular complexity index is 494. The predicted octanol–water partition coefficient (Wildman–Crippen LogP) is 2.29. The van der Waals surface area contributed by atoms with Crippen molar-refractivity contribution in [1.29, 1.82) is 0 Å². The minimum Gasteiger partial charge on any atom is -0.456 e. The number of nitrogens with zero attached hydrogens (tertiary/aromatic N) is 1. The third kappa shape index (κ3) is 4.11. The summed E-state index contributed by atoms with van der Waals surface area (Å²) in [6, 6.07) is 2.30. The summed E-state index contributed by atoms with van der Waals surface area (Å²) in [5, 5.41) is 3.05. The number of aryl methyl sites for hydroxylation is 1. The van der Waals surface area contributed by atoms with Crippen LogP contribution in [-0.4, -0.2) is 36.0 Å². The van der Waals surface area contributed by atoms with Crippen LogP contribution in [-0.2, 0) is 13.0 Å². The van der Waals surface area contributed by atoms with Crippen molar-refractivity contribution in [1.82, 2.24) is 10.2 Å². The van der Waals surface area contributed by atoms with E-state index in [9.17, 15) is 4.79 Å². The van der Waals surface area contributed by atoms with Crippen LogP contribution in [0.3, 0.4) is 0 Å². The average Bonchev–Trinajstić information content (AvgIpc) is 3.10. The Morgan fingerprint density at radius 1 is 1.36 bits per heavy atom. The van der Waals surface area contributed by atoms with E-state index in [1.807, 2.05) is 6.07 Å². The van der Waals surface area contributed by atoms with Gasteiger partial charge in [0.05, 0.1) is 0 Å². The lowest BCUT2D eigenvalue weighted by molar-refractivity contribution is 0.0908. The van der Waals surface area contributed by atoms with Crippen LogP contribution in [0.2, 0.25) is 0 Å². The summed E-state index contributed by atoms with van der Waals surface area (Å²) < 4.78 is 5.78. The molecule has 124 valence electrons. The molecule has 1 aliphatic carbocycles. The summed E-state index contributed by atoms with van der Waals surface area (Å²) in [5.41, 5.74) is 7.02. The van der Waals surface area contributed by atoms with E-state index in [-0.39, 0.29) is 18.0 Å². The molecule has 1 saturated carbocycles. The van der Waals surface area contributed by atoms with Crippen LogP contribution in [0.5, 0.6) is 0 Å². The molecule has 0 saturated heterocycles. The zero-order valence-corrected chi connectivity index (χ0v) is 14.0. The number of carbonyl (C=O) groups excluding carboxylic acids is 1. The van der Waals surface area contributed by atoms with Crippen molar-refractivity contribution in [2.45, 2.75) is 65.1 Å². The fraction of sp³-hybridized carbons (Fsp3) is 0.706. The zero-order chi connectivity index (χ0) is 16.1. The Hall–Kier alpha value is -1.33. The van der Waals surface area contributed by atoms with Gasteiger partial charge in [0.1, 0.15) is 5.76 Å². The van der Waals surface area contributed by atoms with Crippen molar-refractivity contribution in [2.75, 3.05) is 13.1 Å². The highest BCUT2D eigenvalue weighted by Crippen LogP contribution is 2.21. The smallest absolute Gasteiger partial charge is 0.287 e. The second kappa shape index (κ2) is 7.79. The molecule has 5 nitrogen and oxygen atoms in total. The van der Waals surface area contributed by atoms with Crippen LogP contribution < -0.4 is 11.1 Å². The molecule has 1 aromatic heterocycles. The molecule has 0 aliphatic heterocycles. The Balaban J connectivity index is 2.04. The van der Waals surface area contributed by atoms with Crippen LogP contribution in [0.1, 0.15) is 61.9 Å². The van der Waals surface area contributed by atoms with Gasteiger partial charge in [0.25, 0.3) is 5.91 Å². The second-order valence-corrected chi connectivity index (χ2v) is 6.12. The van der Waals surface area contributed by atoms with Crippen LogP contribution in [0.15, 0.2) is 10.5 Å². The molecule has 22 heavy (non-hydrogen) atoms. The Morgan fingerprint density at radius 3 is 2.64 bits per heavy atom. The minimum atomic E-state index is -0.111. The molecule has 2 rings (SSSR count). The van der Waals surface area contributed by atoms with Gasteiger partial charge in [-0.25, -0.2) is 0 Å². The van der Waals surface area contributed by atoms with Crippen molar-refractivity contribution < 1.29 is 9.21 Å². The summed E-state index contributed by atoms with van der Waals surface area (Å²) in [4.78, 5) is 14.7. The van der Waals surface area contributed by atoms with Crippen LogP contribution in [0.4, 0.5) is 0 Å². The number of hydrogen-bond donors (Lipinski definition) is 2. The van der Waals surface area contributed by atoms with Gasteiger partial charge in [-0.1, -0.05) is 20.8 Å². The molecule has 2 unspecified atom stereocenters. The molecule has 1 aliphatic rings. The molecule has 1 aromatic rings. The zero-order valence-electron chi connectivity index (χ0n) is 14.0. The van der Waals surface area contributed by atoms with Crippen LogP contribution in [0, 0.1) is 0 Å². The van der Waals surface area contributed by atoms with Crippen LogP contribution in [0.25, 0.3) is 0 Å². The van der Waals surface area contributed by atoms with Gasteiger partial charge in [-0.15, -0.1) is 0 Å².